The van der Waals surface area contributed by atoms with Gasteiger partial charge in [0.05, 0.1) is 6.61 Å². The van der Waals surface area contributed by atoms with Crippen molar-refractivity contribution >= 4 is 29.0 Å². The van der Waals surface area contributed by atoms with Gasteiger partial charge in [0.25, 0.3) is 0 Å². The Balaban J connectivity index is 0.000000234. The summed E-state index contributed by atoms with van der Waals surface area (Å²) in [5.74, 6) is 1.21. The minimum atomic E-state index is 0.393. The SMILES string of the molecule is CCC/C=C/N=c1nccc(N2CCCC2)n1C.COCc1cc(Cl)nc(Cl)c1. The number of halogens is 2. The quantitative estimate of drug-likeness (QED) is 0.610. The maximum absolute atomic E-state index is 5.63. The number of rotatable bonds is 6. The fourth-order valence-corrected chi connectivity index (χ4v) is 3.49. The van der Waals surface area contributed by atoms with Gasteiger partial charge in [-0.05, 0) is 43.0 Å². The normalized spacial score (nSPS) is 14.4. The number of pyridine rings is 1. The van der Waals surface area contributed by atoms with E-state index < -0.39 is 0 Å². The molecule has 1 fully saturated rings. The number of hydrogen-bond donors (Lipinski definition) is 0. The summed E-state index contributed by atoms with van der Waals surface area (Å²) in [5, 5.41) is 0.786. The molecule has 2 aromatic heterocycles. The van der Waals surface area contributed by atoms with Crippen LogP contribution in [0.4, 0.5) is 5.82 Å². The van der Waals surface area contributed by atoms with Crippen molar-refractivity contribution in [3.05, 3.63) is 58.2 Å². The maximum Gasteiger partial charge on any atom is 0.230 e. The van der Waals surface area contributed by atoms with Gasteiger partial charge in [-0.25, -0.2) is 15.0 Å². The molecule has 0 bridgehead atoms. The fourth-order valence-electron chi connectivity index (χ4n) is 2.98. The lowest BCUT2D eigenvalue weighted by atomic mass is 10.3. The summed E-state index contributed by atoms with van der Waals surface area (Å²) in [6, 6.07) is 5.51. The van der Waals surface area contributed by atoms with Gasteiger partial charge >= 0.3 is 0 Å². The van der Waals surface area contributed by atoms with E-state index in [1.165, 1.54) is 18.7 Å². The van der Waals surface area contributed by atoms with Gasteiger partial charge in [0.15, 0.2) is 0 Å². The zero-order valence-corrected chi connectivity index (χ0v) is 18.8. The van der Waals surface area contributed by atoms with Gasteiger partial charge in [0.2, 0.25) is 5.62 Å². The first-order valence-corrected chi connectivity index (χ1v) is 10.6. The molecule has 2 aromatic rings. The van der Waals surface area contributed by atoms with Crippen LogP contribution in [0.3, 0.4) is 0 Å². The highest BCUT2D eigenvalue weighted by atomic mass is 35.5. The van der Waals surface area contributed by atoms with E-state index in [1.54, 1.807) is 19.2 Å². The van der Waals surface area contributed by atoms with Gasteiger partial charge in [0.1, 0.15) is 16.1 Å². The predicted molar refractivity (Wildman–Crippen MR) is 119 cm³/mol. The van der Waals surface area contributed by atoms with E-state index in [1.807, 2.05) is 19.4 Å². The minimum Gasteiger partial charge on any atom is -0.380 e. The third-order valence-corrected chi connectivity index (χ3v) is 4.76. The predicted octanol–water partition coefficient (Wildman–Crippen LogP) is 4.77. The molecular formula is C21H29Cl2N5O. The van der Waals surface area contributed by atoms with Crippen LogP contribution in [0.5, 0.6) is 0 Å². The third kappa shape index (κ3) is 7.80. The van der Waals surface area contributed by atoms with Crippen molar-refractivity contribution in [2.24, 2.45) is 12.0 Å². The molecular weight excluding hydrogens is 409 g/mol. The number of anilines is 1. The molecule has 6 nitrogen and oxygen atoms in total. The molecule has 1 aliphatic rings. The Morgan fingerprint density at radius 1 is 1.21 bits per heavy atom. The smallest absolute Gasteiger partial charge is 0.230 e. The van der Waals surface area contributed by atoms with Crippen molar-refractivity contribution in [2.75, 3.05) is 25.1 Å². The summed E-state index contributed by atoms with van der Waals surface area (Å²) in [4.78, 5) is 14.9. The van der Waals surface area contributed by atoms with Crippen molar-refractivity contribution in [1.29, 1.82) is 0 Å². The van der Waals surface area contributed by atoms with Gasteiger partial charge < -0.3 is 9.64 Å². The molecule has 1 saturated heterocycles. The summed E-state index contributed by atoms with van der Waals surface area (Å²) in [5.41, 5.74) is 1.70. The topological polar surface area (TPSA) is 55.5 Å². The van der Waals surface area contributed by atoms with E-state index in [4.69, 9.17) is 27.9 Å². The lowest BCUT2D eigenvalue weighted by Crippen LogP contribution is -2.29. The first kappa shape index (κ1) is 23.4. The van der Waals surface area contributed by atoms with E-state index in [-0.39, 0.29) is 0 Å². The monoisotopic (exact) mass is 437 g/mol. The Kier molecular flexibility index (Phi) is 10.2. The molecule has 0 amide bonds. The molecule has 0 unspecified atom stereocenters. The van der Waals surface area contributed by atoms with Crippen LogP contribution in [-0.4, -0.2) is 34.7 Å². The molecule has 0 saturated carbocycles. The zero-order valence-electron chi connectivity index (χ0n) is 17.3. The lowest BCUT2D eigenvalue weighted by Gasteiger charge is -2.20. The molecule has 158 valence electrons. The van der Waals surface area contributed by atoms with Gasteiger partial charge in [-0.1, -0.05) is 42.6 Å². The summed E-state index contributed by atoms with van der Waals surface area (Å²) in [6.07, 6.45) is 10.6. The summed E-state index contributed by atoms with van der Waals surface area (Å²) >= 11 is 11.3. The Hall–Kier alpha value is -1.89. The van der Waals surface area contributed by atoms with Crippen molar-refractivity contribution < 1.29 is 4.74 Å². The molecule has 8 heteroatoms. The molecule has 0 atom stereocenters. The molecule has 0 spiro atoms. The molecule has 0 aromatic carbocycles. The third-order valence-electron chi connectivity index (χ3n) is 4.37. The van der Waals surface area contributed by atoms with Crippen LogP contribution in [-0.2, 0) is 18.4 Å². The number of unbranched alkanes of at least 4 members (excludes halogenated alkanes) is 1. The maximum atomic E-state index is 5.63. The van der Waals surface area contributed by atoms with Crippen molar-refractivity contribution in [3.63, 3.8) is 0 Å². The molecule has 3 heterocycles. The van der Waals surface area contributed by atoms with E-state index in [9.17, 15) is 0 Å². The summed E-state index contributed by atoms with van der Waals surface area (Å²) in [7, 11) is 3.65. The molecule has 3 rings (SSSR count). The van der Waals surface area contributed by atoms with Crippen LogP contribution in [0.2, 0.25) is 10.3 Å². The molecule has 0 aliphatic carbocycles. The zero-order chi connectivity index (χ0) is 21.1. The van der Waals surface area contributed by atoms with Crippen molar-refractivity contribution in [1.82, 2.24) is 14.5 Å². The van der Waals surface area contributed by atoms with Crippen LogP contribution in [0.15, 0.2) is 41.7 Å². The summed E-state index contributed by atoms with van der Waals surface area (Å²) < 4.78 is 6.96. The highest BCUT2D eigenvalue weighted by molar-refractivity contribution is 6.32. The second-order valence-corrected chi connectivity index (χ2v) is 7.49. The number of methoxy groups -OCH3 is 1. The van der Waals surface area contributed by atoms with Gasteiger partial charge in [0, 0.05) is 39.6 Å². The number of hydrogen-bond acceptors (Lipinski definition) is 5. The van der Waals surface area contributed by atoms with E-state index in [0.717, 1.165) is 37.1 Å². The minimum absolute atomic E-state index is 0.393. The first-order chi connectivity index (χ1) is 14.0. The average Bonchev–Trinajstić information content (AvgIpc) is 3.21. The highest BCUT2D eigenvalue weighted by Crippen LogP contribution is 2.17. The fraction of sp³-hybridized carbons (Fsp3) is 0.476. The standard InChI is InChI=1S/C14H22N4.C7H7Cl2NO/c1-3-4-5-9-15-14-16-10-8-13(17(14)2)18-11-6-7-12-18;1-11-4-5-2-6(8)10-7(9)3-5/h5,8-10H,3-4,6-7,11-12H2,1-2H3;2-3H,4H2,1H3/b9-5+,15-14?;. The lowest BCUT2D eigenvalue weighted by molar-refractivity contribution is 0.185. The number of allylic oxidation sites excluding steroid dienone is 1. The second kappa shape index (κ2) is 12.6. The van der Waals surface area contributed by atoms with E-state index in [0.29, 0.717) is 16.9 Å². The number of aromatic nitrogens is 3. The Morgan fingerprint density at radius 3 is 2.52 bits per heavy atom. The van der Waals surface area contributed by atoms with Crippen molar-refractivity contribution in [2.45, 2.75) is 39.2 Å². The average molecular weight is 438 g/mol. The largest absolute Gasteiger partial charge is 0.380 e. The highest BCUT2D eigenvalue weighted by Gasteiger charge is 2.14. The summed E-state index contributed by atoms with van der Waals surface area (Å²) in [6.45, 7) is 4.95. The molecule has 0 N–H and O–H groups in total. The second-order valence-electron chi connectivity index (χ2n) is 6.71. The number of nitrogens with zero attached hydrogens (tertiary/aromatic N) is 5. The van der Waals surface area contributed by atoms with E-state index in [2.05, 4.69) is 43.5 Å². The van der Waals surface area contributed by atoms with Crippen LogP contribution in [0.25, 0.3) is 0 Å². The Bertz CT molecular complexity index is 840. The van der Waals surface area contributed by atoms with Gasteiger partial charge in [-0.3, -0.25) is 4.57 Å². The van der Waals surface area contributed by atoms with Crippen LogP contribution >= 0.6 is 23.2 Å². The van der Waals surface area contributed by atoms with Gasteiger partial charge in [-0.15, -0.1) is 0 Å². The molecule has 0 radical (unpaired) electrons. The molecule has 29 heavy (non-hydrogen) atoms. The van der Waals surface area contributed by atoms with Crippen LogP contribution in [0.1, 0.15) is 38.2 Å². The van der Waals surface area contributed by atoms with E-state index >= 15 is 0 Å². The Morgan fingerprint density at radius 2 is 1.90 bits per heavy atom. The first-order valence-electron chi connectivity index (χ1n) is 9.82. The molecule has 1 aliphatic heterocycles. The number of ether oxygens (including phenoxy) is 1. The van der Waals surface area contributed by atoms with Gasteiger partial charge in [-0.2, -0.15) is 0 Å². The van der Waals surface area contributed by atoms with Crippen LogP contribution < -0.4 is 10.5 Å². The van der Waals surface area contributed by atoms with Crippen molar-refractivity contribution in [3.8, 4) is 0 Å². The Labute approximate surface area is 182 Å². The van der Waals surface area contributed by atoms with Crippen LogP contribution in [0, 0.1) is 0 Å².